The minimum absolute atomic E-state index is 0.0246. The van der Waals surface area contributed by atoms with E-state index in [1.54, 1.807) is 11.3 Å². The quantitative estimate of drug-likeness (QED) is 0.846. The third-order valence-corrected chi connectivity index (χ3v) is 4.10. The SMILES string of the molecule is CCCCc1ccc(C(=O)NCc2ccccc2)s1. The number of carbonyl (C=O) groups excluding carboxylic acids is 1. The van der Waals surface area contributed by atoms with Crippen molar-refractivity contribution in [1.29, 1.82) is 0 Å². The third kappa shape index (κ3) is 4.21. The molecule has 1 aromatic carbocycles. The fraction of sp³-hybridized carbons (Fsp3) is 0.312. The Kier molecular flexibility index (Phi) is 5.16. The van der Waals surface area contributed by atoms with E-state index in [0.717, 1.165) is 16.9 Å². The summed E-state index contributed by atoms with van der Waals surface area (Å²) in [5.41, 5.74) is 1.12. The lowest BCUT2D eigenvalue weighted by Gasteiger charge is -2.03. The van der Waals surface area contributed by atoms with Crippen LogP contribution in [-0.2, 0) is 13.0 Å². The second kappa shape index (κ2) is 7.10. The summed E-state index contributed by atoms with van der Waals surface area (Å²) in [5.74, 6) is 0.0246. The number of benzene rings is 1. The highest BCUT2D eigenvalue weighted by molar-refractivity contribution is 7.14. The summed E-state index contributed by atoms with van der Waals surface area (Å²) in [5, 5.41) is 2.96. The number of hydrogen-bond donors (Lipinski definition) is 1. The van der Waals surface area contributed by atoms with Crippen LogP contribution in [0.25, 0.3) is 0 Å². The van der Waals surface area contributed by atoms with E-state index < -0.39 is 0 Å². The van der Waals surface area contributed by atoms with Crippen LogP contribution in [0.2, 0.25) is 0 Å². The van der Waals surface area contributed by atoms with E-state index in [1.807, 2.05) is 36.4 Å². The standard InChI is InChI=1S/C16H19NOS/c1-2-3-9-14-10-11-15(19-14)16(18)17-12-13-7-5-4-6-8-13/h4-8,10-11H,2-3,9,12H2,1H3,(H,17,18). The van der Waals surface area contributed by atoms with Crippen LogP contribution in [-0.4, -0.2) is 5.91 Å². The molecule has 0 bridgehead atoms. The van der Waals surface area contributed by atoms with E-state index in [9.17, 15) is 4.79 Å². The zero-order chi connectivity index (χ0) is 13.5. The van der Waals surface area contributed by atoms with Gasteiger partial charge >= 0.3 is 0 Å². The second-order valence-corrected chi connectivity index (χ2v) is 5.71. The highest BCUT2D eigenvalue weighted by Gasteiger charge is 2.08. The van der Waals surface area contributed by atoms with Crippen LogP contribution < -0.4 is 5.32 Å². The Balaban J connectivity index is 1.87. The first-order valence-corrected chi connectivity index (χ1v) is 7.52. The summed E-state index contributed by atoms with van der Waals surface area (Å²) in [6.45, 7) is 2.77. The number of nitrogens with one attached hydrogen (secondary N) is 1. The maximum absolute atomic E-state index is 12.0. The largest absolute Gasteiger partial charge is 0.347 e. The molecule has 1 aromatic heterocycles. The molecule has 0 spiro atoms. The van der Waals surface area contributed by atoms with Gasteiger partial charge in [0.05, 0.1) is 4.88 Å². The lowest BCUT2D eigenvalue weighted by atomic mass is 10.2. The van der Waals surface area contributed by atoms with Gasteiger partial charge in [-0.1, -0.05) is 43.7 Å². The van der Waals surface area contributed by atoms with Gasteiger partial charge in [0.1, 0.15) is 0 Å². The van der Waals surface area contributed by atoms with Gasteiger partial charge in [-0.05, 0) is 30.5 Å². The van der Waals surface area contributed by atoms with Gasteiger partial charge in [-0.2, -0.15) is 0 Å². The highest BCUT2D eigenvalue weighted by Crippen LogP contribution is 2.18. The zero-order valence-electron chi connectivity index (χ0n) is 11.2. The molecule has 2 nitrogen and oxygen atoms in total. The maximum Gasteiger partial charge on any atom is 0.261 e. The van der Waals surface area contributed by atoms with Gasteiger partial charge in [0.2, 0.25) is 0 Å². The number of rotatable bonds is 6. The number of amides is 1. The molecule has 1 amide bonds. The van der Waals surface area contributed by atoms with Gasteiger partial charge in [0.25, 0.3) is 5.91 Å². The summed E-state index contributed by atoms with van der Waals surface area (Å²) >= 11 is 1.60. The molecule has 0 aliphatic heterocycles. The Bertz CT molecular complexity index is 519. The molecule has 0 saturated carbocycles. The minimum atomic E-state index is 0.0246. The van der Waals surface area contributed by atoms with Crippen molar-refractivity contribution < 1.29 is 4.79 Å². The van der Waals surface area contributed by atoms with E-state index in [1.165, 1.54) is 17.7 Å². The monoisotopic (exact) mass is 273 g/mol. The van der Waals surface area contributed by atoms with Crippen LogP contribution in [0.3, 0.4) is 0 Å². The van der Waals surface area contributed by atoms with Crippen molar-refractivity contribution >= 4 is 17.2 Å². The zero-order valence-corrected chi connectivity index (χ0v) is 12.0. The number of thiophene rings is 1. The van der Waals surface area contributed by atoms with Crippen LogP contribution in [0.1, 0.15) is 39.9 Å². The molecule has 0 aliphatic carbocycles. The van der Waals surface area contributed by atoms with E-state index in [-0.39, 0.29) is 5.91 Å². The average molecular weight is 273 g/mol. The first-order valence-electron chi connectivity index (χ1n) is 6.70. The number of carbonyl (C=O) groups is 1. The summed E-state index contributed by atoms with van der Waals surface area (Å²) in [7, 11) is 0. The summed E-state index contributed by atoms with van der Waals surface area (Å²) in [6.07, 6.45) is 3.45. The first kappa shape index (κ1) is 13.8. The van der Waals surface area contributed by atoms with Crippen molar-refractivity contribution in [2.75, 3.05) is 0 Å². The van der Waals surface area contributed by atoms with Crippen LogP contribution in [0.4, 0.5) is 0 Å². The minimum Gasteiger partial charge on any atom is -0.347 e. The Labute approximate surface area is 118 Å². The third-order valence-electron chi connectivity index (χ3n) is 2.96. The Morgan fingerprint density at radius 1 is 1.16 bits per heavy atom. The van der Waals surface area contributed by atoms with Crippen molar-refractivity contribution in [2.45, 2.75) is 32.7 Å². The van der Waals surface area contributed by atoms with Gasteiger partial charge in [-0.15, -0.1) is 11.3 Å². The molecule has 1 N–H and O–H groups in total. The molecule has 1 heterocycles. The van der Waals surface area contributed by atoms with Gasteiger partial charge < -0.3 is 5.32 Å². The van der Waals surface area contributed by atoms with Gasteiger partial charge in [-0.3, -0.25) is 4.79 Å². The van der Waals surface area contributed by atoms with E-state index in [4.69, 9.17) is 0 Å². The molecule has 0 atom stereocenters. The molecule has 0 aliphatic rings. The summed E-state index contributed by atoms with van der Waals surface area (Å²) in [4.78, 5) is 14.1. The average Bonchev–Trinajstić information content (AvgIpc) is 2.92. The Morgan fingerprint density at radius 3 is 2.68 bits per heavy atom. The van der Waals surface area contributed by atoms with E-state index in [2.05, 4.69) is 18.3 Å². The molecular formula is C16H19NOS. The molecular weight excluding hydrogens is 254 g/mol. The normalized spacial score (nSPS) is 10.4. The maximum atomic E-state index is 12.0. The smallest absolute Gasteiger partial charge is 0.261 e. The van der Waals surface area contributed by atoms with Crippen LogP contribution in [0.15, 0.2) is 42.5 Å². The van der Waals surface area contributed by atoms with Crippen LogP contribution >= 0.6 is 11.3 Å². The molecule has 2 aromatic rings. The summed E-state index contributed by atoms with van der Waals surface area (Å²) < 4.78 is 0. The molecule has 0 radical (unpaired) electrons. The van der Waals surface area contributed by atoms with Crippen molar-refractivity contribution in [3.05, 3.63) is 57.8 Å². The molecule has 0 saturated heterocycles. The predicted octanol–water partition coefficient (Wildman–Crippen LogP) is 4.02. The highest BCUT2D eigenvalue weighted by atomic mass is 32.1. The van der Waals surface area contributed by atoms with E-state index >= 15 is 0 Å². The second-order valence-electron chi connectivity index (χ2n) is 4.54. The van der Waals surface area contributed by atoms with Gasteiger partial charge in [-0.25, -0.2) is 0 Å². The van der Waals surface area contributed by atoms with E-state index in [0.29, 0.717) is 6.54 Å². The Hall–Kier alpha value is -1.61. The van der Waals surface area contributed by atoms with Crippen molar-refractivity contribution in [1.82, 2.24) is 5.32 Å². The molecule has 100 valence electrons. The fourth-order valence-electron chi connectivity index (χ4n) is 1.85. The molecule has 0 fully saturated rings. The lowest BCUT2D eigenvalue weighted by molar-refractivity contribution is 0.0955. The summed E-state index contributed by atoms with van der Waals surface area (Å²) in [6, 6.07) is 14.0. The topological polar surface area (TPSA) is 29.1 Å². The first-order chi connectivity index (χ1) is 9.29. The molecule has 3 heteroatoms. The van der Waals surface area contributed by atoms with Gasteiger partial charge in [0, 0.05) is 11.4 Å². The molecule has 0 unspecified atom stereocenters. The van der Waals surface area contributed by atoms with Crippen LogP contribution in [0.5, 0.6) is 0 Å². The van der Waals surface area contributed by atoms with Crippen molar-refractivity contribution in [3.63, 3.8) is 0 Å². The lowest BCUT2D eigenvalue weighted by Crippen LogP contribution is -2.21. The number of unbranched alkanes of at least 4 members (excludes halogenated alkanes) is 1. The van der Waals surface area contributed by atoms with Gasteiger partial charge in [0.15, 0.2) is 0 Å². The molecule has 2 rings (SSSR count). The molecule has 19 heavy (non-hydrogen) atoms. The van der Waals surface area contributed by atoms with Crippen molar-refractivity contribution in [2.24, 2.45) is 0 Å². The predicted molar refractivity (Wildman–Crippen MR) is 80.5 cm³/mol. The number of hydrogen-bond acceptors (Lipinski definition) is 2. The van der Waals surface area contributed by atoms with Crippen LogP contribution in [0, 0.1) is 0 Å². The fourth-order valence-corrected chi connectivity index (χ4v) is 2.82. The van der Waals surface area contributed by atoms with Crippen molar-refractivity contribution in [3.8, 4) is 0 Å². The number of aryl methyl sites for hydroxylation is 1. The Morgan fingerprint density at radius 2 is 1.95 bits per heavy atom.